The Morgan fingerprint density at radius 2 is 2.00 bits per heavy atom. The number of hydrogen-bond acceptors (Lipinski definition) is 7. The van der Waals surface area contributed by atoms with E-state index in [4.69, 9.17) is 10.8 Å². The number of amides is 1. The maximum Gasteiger partial charge on any atom is 0.277 e. The van der Waals surface area contributed by atoms with Crippen LogP contribution in [0.15, 0.2) is 33.9 Å². The molecule has 8 heteroatoms. The summed E-state index contributed by atoms with van der Waals surface area (Å²) >= 11 is 1.23. The smallest absolute Gasteiger partial charge is 0.277 e. The molecular weight excluding hydrogens is 362 g/mol. The maximum atomic E-state index is 12.1. The highest BCUT2D eigenvalue weighted by atomic mass is 32.2. The van der Waals surface area contributed by atoms with Crippen molar-refractivity contribution < 1.29 is 9.21 Å². The molecule has 27 heavy (non-hydrogen) atoms. The molecule has 0 bridgehead atoms. The number of hydrogen-bond donors (Lipinski definition) is 1. The molecule has 1 fully saturated rings. The zero-order valence-corrected chi connectivity index (χ0v) is 16.2. The third-order valence-corrected chi connectivity index (χ3v) is 5.10. The fourth-order valence-corrected chi connectivity index (χ4v) is 3.39. The Morgan fingerprint density at radius 3 is 2.63 bits per heavy atom. The van der Waals surface area contributed by atoms with E-state index in [0.717, 1.165) is 37.6 Å². The Balaban J connectivity index is 1.46. The fraction of sp³-hybridized carbons (Fsp3) is 0.421. The summed E-state index contributed by atoms with van der Waals surface area (Å²) in [6, 6.07) is 7.91. The van der Waals surface area contributed by atoms with Gasteiger partial charge in [0.25, 0.3) is 5.22 Å². The summed E-state index contributed by atoms with van der Waals surface area (Å²) in [6.45, 7) is 6.49. The van der Waals surface area contributed by atoms with Crippen molar-refractivity contribution in [3.05, 3.63) is 30.2 Å². The minimum Gasteiger partial charge on any atom is -0.416 e. The lowest BCUT2D eigenvalue weighted by molar-refractivity contribution is -0.113. The highest BCUT2D eigenvalue weighted by Crippen LogP contribution is 2.20. The molecule has 0 unspecified atom stereocenters. The van der Waals surface area contributed by atoms with Crippen molar-refractivity contribution in [2.24, 2.45) is 0 Å². The summed E-state index contributed by atoms with van der Waals surface area (Å²) in [7, 11) is 0. The van der Waals surface area contributed by atoms with E-state index in [-0.39, 0.29) is 11.7 Å². The first-order valence-corrected chi connectivity index (χ1v) is 9.92. The van der Waals surface area contributed by atoms with Crippen LogP contribution in [-0.2, 0) is 11.2 Å². The number of rotatable bonds is 7. The molecule has 1 N–H and O–H groups in total. The molecule has 0 aliphatic carbocycles. The van der Waals surface area contributed by atoms with Crippen LogP contribution in [0.4, 0.5) is 11.4 Å². The predicted molar refractivity (Wildman–Crippen MR) is 107 cm³/mol. The second-order valence-corrected chi connectivity index (χ2v) is 7.09. The molecule has 1 amide bonds. The second kappa shape index (κ2) is 9.44. The van der Waals surface area contributed by atoms with Crippen LogP contribution in [0.3, 0.4) is 0 Å². The quantitative estimate of drug-likeness (QED) is 0.578. The van der Waals surface area contributed by atoms with E-state index in [1.807, 2.05) is 31.2 Å². The number of piperazine rings is 1. The molecular formula is C19H23N5O2S. The lowest BCUT2D eigenvalue weighted by Gasteiger charge is -2.35. The van der Waals surface area contributed by atoms with Crippen molar-refractivity contribution >= 4 is 29.0 Å². The molecule has 1 aromatic carbocycles. The van der Waals surface area contributed by atoms with Gasteiger partial charge >= 0.3 is 0 Å². The van der Waals surface area contributed by atoms with Gasteiger partial charge in [0, 0.05) is 44.0 Å². The number of carbonyl (C=O) groups is 1. The largest absolute Gasteiger partial charge is 0.416 e. The first-order chi connectivity index (χ1) is 13.2. The molecule has 0 saturated carbocycles. The first-order valence-electron chi connectivity index (χ1n) is 8.93. The van der Waals surface area contributed by atoms with Gasteiger partial charge in [0.15, 0.2) is 0 Å². The van der Waals surface area contributed by atoms with Crippen molar-refractivity contribution in [3.8, 4) is 12.3 Å². The number of benzene rings is 1. The zero-order valence-electron chi connectivity index (χ0n) is 15.4. The maximum absolute atomic E-state index is 12.1. The molecule has 1 saturated heterocycles. The Morgan fingerprint density at radius 1 is 1.26 bits per heavy atom. The highest BCUT2D eigenvalue weighted by Gasteiger charge is 2.16. The summed E-state index contributed by atoms with van der Waals surface area (Å²) in [5.74, 6) is 3.39. The van der Waals surface area contributed by atoms with Gasteiger partial charge in [-0.15, -0.1) is 16.6 Å². The standard InChI is InChI=1S/C19H23N5O2S/c1-3-9-23-10-12-24(13-11-23)16-7-5-15(6-8-16)20-17(25)14-27-19-22-21-18(4-2)26-19/h1,5-8H,4,9-14H2,2H3,(H,20,25). The average Bonchev–Trinajstić information content (AvgIpc) is 3.16. The topological polar surface area (TPSA) is 74.5 Å². The van der Waals surface area contributed by atoms with E-state index in [1.165, 1.54) is 11.8 Å². The molecule has 7 nitrogen and oxygen atoms in total. The normalized spacial score (nSPS) is 14.7. The Bertz CT molecular complexity index is 791. The van der Waals surface area contributed by atoms with E-state index in [0.29, 0.717) is 24.1 Å². The second-order valence-electron chi connectivity index (χ2n) is 6.17. The molecule has 1 aromatic heterocycles. The lowest BCUT2D eigenvalue weighted by atomic mass is 10.2. The van der Waals surface area contributed by atoms with Crippen LogP contribution in [-0.4, -0.2) is 59.5 Å². The number of aromatic nitrogens is 2. The number of thioether (sulfide) groups is 1. The number of terminal acetylenes is 1. The van der Waals surface area contributed by atoms with E-state index in [9.17, 15) is 4.79 Å². The molecule has 2 heterocycles. The van der Waals surface area contributed by atoms with E-state index in [2.05, 4.69) is 31.2 Å². The number of carbonyl (C=O) groups excluding carboxylic acids is 1. The van der Waals surface area contributed by atoms with Crippen LogP contribution in [0.2, 0.25) is 0 Å². The summed E-state index contributed by atoms with van der Waals surface area (Å²) in [6.07, 6.45) is 6.06. The molecule has 3 rings (SSSR count). The van der Waals surface area contributed by atoms with Crippen molar-refractivity contribution in [1.29, 1.82) is 0 Å². The molecule has 2 aromatic rings. The van der Waals surface area contributed by atoms with Crippen molar-refractivity contribution in [2.45, 2.75) is 18.6 Å². The monoisotopic (exact) mass is 385 g/mol. The van der Waals surface area contributed by atoms with Crippen LogP contribution in [0.1, 0.15) is 12.8 Å². The van der Waals surface area contributed by atoms with Gasteiger partial charge in [-0.2, -0.15) is 0 Å². The number of anilines is 2. The highest BCUT2D eigenvalue weighted by molar-refractivity contribution is 7.99. The van der Waals surface area contributed by atoms with Crippen LogP contribution < -0.4 is 10.2 Å². The molecule has 142 valence electrons. The Kier molecular flexibility index (Phi) is 6.74. The van der Waals surface area contributed by atoms with Gasteiger partial charge in [-0.3, -0.25) is 9.69 Å². The van der Waals surface area contributed by atoms with Crippen molar-refractivity contribution in [1.82, 2.24) is 15.1 Å². The number of nitrogens with one attached hydrogen (secondary N) is 1. The predicted octanol–water partition coefficient (Wildman–Crippen LogP) is 2.12. The van der Waals surface area contributed by atoms with Crippen LogP contribution >= 0.6 is 11.8 Å². The van der Waals surface area contributed by atoms with Gasteiger partial charge in [0.1, 0.15) is 0 Å². The lowest BCUT2D eigenvalue weighted by Crippen LogP contribution is -2.46. The zero-order chi connectivity index (χ0) is 19.1. The summed E-state index contributed by atoms with van der Waals surface area (Å²) in [5.41, 5.74) is 1.93. The number of nitrogens with zero attached hydrogens (tertiary/aromatic N) is 4. The summed E-state index contributed by atoms with van der Waals surface area (Å²) < 4.78 is 5.38. The van der Waals surface area contributed by atoms with Crippen LogP contribution in [0.5, 0.6) is 0 Å². The van der Waals surface area contributed by atoms with Gasteiger partial charge in [0.05, 0.1) is 12.3 Å². The third-order valence-electron chi connectivity index (χ3n) is 4.28. The first kappa shape index (κ1) is 19.3. The van der Waals surface area contributed by atoms with Gasteiger partial charge in [-0.1, -0.05) is 24.6 Å². The van der Waals surface area contributed by atoms with Gasteiger partial charge < -0.3 is 14.6 Å². The molecule has 1 aliphatic rings. The molecule has 1 aliphatic heterocycles. The molecule has 0 spiro atoms. The summed E-state index contributed by atoms with van der Waals surface area (Å²) in [5, 5.41) is 11.1. The van der Waals surface area contributed by atoms with Crippen LogP contribution in [0, 0.1) is 12.3 Å². The number of aryl methyl sites for hydroxylation is 1. The van der Waals surface area contributed by atoms with E-state index in [1.54, 1.807) is 0 Å². The minimum atomic E-state index is -0.105. The van der Waals surface area contributed by atoms with Crippen molar-refractivity contribution in [2.75, 3.05) is 48.7 Å². The SMILES string of the molecule is C#CCN1CCN(c2ccc(NC(=O)CSc3nnc(CC)o3)cc2)CC1. The summed E-state index contributed by atoms with van der Waals surface area (Å²) in [4.78, 5) is 16.7. The van der Waals surface area contributed by atoms with Gasteiger partial charge in [0.2, 0.25) is 11.8 Å². The van der Waals surface area contributed by atoms with Crippen LogP contribution in [0.25, 0.3) is 0 Å². The molecule has 0 radical (unpaired) electrons. The van der Waals surface area contributed by atoms with E-state index >= 15 is 0 Å². The third kappa shape index (κ3) is 5.49. The minimum absolute atomic E-state index is 0.105. The van der Waals surface area contributed by atoms with Gasteiger partial charge in [-0.05, 0) is 24.3 Å². The molecule has 0 atom stereocenters. The van der Waals surface area contributed by atoms with Gasteiger partial charge in [-0.25, -0.2) is 0 Å². The Hall–Kier alpha value is -2.50. The fourth-order valence-electron chi connectivity index (χ4n) is 2.81. The van der Waals surface area contributed by atoms with Crippen molar-refractivity contribution in [3.63, 3.8) is 0 Å². The van der Waals surface area contributed by atoms with E-state index < -0.39 is 0 Å². The average molecular weight is 385 g/mol. The Labute approximate surface area is 163 Å².